The topological polar surface area (TPSA) is 26.0 Å². The molecule has 13 heavy (non-hydrogen) atoms. The van der Waals surface area contributed by atoms with Crippen LogP contribution in [0.5, 0.6) is 0 Å². The summed E-state index contributed by atoms with van der Waals surface area (Å²) >= 11 is 0. The van der Waals surface area contributed by atoms with Crippen LogP contribution < -0.4 is 0 Å². The van der Waals surface area contributed by atoms with Crippen molar-refractivity contribution in [3.05, 3.63) is 42.8 Å². The zero-order valence-electron chi connectivity index (χ0n) is 6.90. The van der Waals surface area contributed by atoms with Crippen molar-refractivity contribution in [2.75, 3.05) is 0 Å². The Labute approximate surface area is 74.8 Å². The second kappa shape index (κ2) is 2.33. The lowest BCUT2D eigenvalue weighted by Gasteiger charge is -1.95. The lowest BCUT2D eigenvalue weighted by Crippen LogP contribution is -1.76. The quantitative estimate of drug-likeness (QED) is 0.517. The molecule has 62 valence electrons. The van der Waals surface area contributed by atoms with Crippen molar-refractivity contribution in [1.82, 2.24) is 4.98 Å². The fourth-order valence-corrected chi connectivity index (χ4v) is 1.59. The zero-order chi connectivity index (χ0) is 8.67. The fourth-order valence-electron chi connectivity index (χ4n) is 1.59. The largest absolute Gasteiger partial charge is 0.446 e. The molecule has 0 amide bonds. The molecule has 2 aromatic heterocycles. The van der Waals surface area contributed by atoms with E-state index in [1.165, 1.54) is 5.39 Å². The van der Waals surface area contributed by atoms with E-state index in [0.717, 1.165) is 10.8 Å². The van der Waals surface area contributed by atoms with Gasteiger partial charge < -0.3 is 4.42 Å². The van der Waals surface area contributed by atoms with Crippen LogP contribution in [-0.4, -0.2) is 4.98 Å². The molecule has 0 saturated heterocycles. The number of nitrogens with zero attached hydrogens (tertiary/aromatic N) is 1. The number of benzene rings is 1. The van der Waals surface area contributed by atoms with Gasteiger partial charge in [0.15, 0.2) is 0 Å². The van der Waals surface area contributed by atoms with Crippen LogP contribution in [0.2, 0.25) is 0 Å². The second-order valence-corrected chi connectivity index (χ2v) is 2.98. The van der Waals surface area contributed by atoms with Gasteiger partial charge in [-0.05, 0) is 11.5 Å². The van der Waals surface area contributed by atoms with Crippen LogP contribution in [0.3, 0.4) is 0 Å². The summed E-state index contributed by atoms with van der Waals surface area (Å²) in [7, 11) is 0. The van der Waals surface area contributed by atoms with E-state index in [0.29, 0.717) is 5.71 Å². The maximum absolute atomic E-state index is 5.21. The van der Waals surface area contributed by atoms with E-state index < -0.39 is 0 Å². The first-order valence-corrected chi connectivity index (χ1v) is 4.16. The van der Waals surface area contributed by atoms with Crippen LogP contribution in [0.1, 0.15) is 0 Å². The highest BCUT2D eigenvalue weighted by Crippen LogP contribution is 2.23. The van der Waals surface area contributed by atoms with E-state index >= 15 is 0 Å². The number of furan rings is 1. The molecule has 0 aliphatic rings. The Balaban J connectivity index is 2.65. The third kappa shape index (κ3) is 0.855. The van der Waals surface area contributed by atoms with Crippen LogP contribution in [0.25, 0.3) is 21.9 Å². The number of aromatic nitrogens is 1. The predicted octanol–water partition coefficient (Wildman–Crippen LogP) is 2.98. The van der Waals surface area contributed by atoms with Gasteiger partial charge in [-0.2, -0.15) is 0 Å². The molecule has 1 aromatic carbocycles. The van der Waals surface area contributed by atoms with Gasteiger partial charge in [0.2, 0.25) is 5.71 Å². The Kier molecular flexibility index (Phi) is 1.19. The molecule has 0 radical (unpaired) electrons. The molecule has 0 saturated carbocycles. The van der Waals surface area contributed by atoms with Gasteiger partial charge in [-0.1, -0.05) is 24.3 Å². The minimum absolute atomic E-state index is 0.707. The first-order valence-electron chi connectivity index (χ1n) is 4.16. The van der Waals surface area contributed by atoms with Gasteiger partial charge in [0.05, 0.1) is 6.26 Å². The summed E-state index contributed by atoms with van der Waals surface area (Å²) in [6.45, 7) is 0. The van der Waals surface area contributed by atoms with Crippen LogP contribution in [0.4, 0.5) is 0 Å². The number of rotatable bonds is 0. The summed E-state index contributed by atoms with van der Waals surface area (Å²) in [6.07, 6.45) is 3.51. The highest BCUT2D eigenvalue weighted by Gasteiger charge is 2.01. The molecule has 3 aromatic rings. The van der Waals surface area contributed by atoms with Crippen molar-refractivity contribution in [2.45, 2.75) is 0 Å². The number of fused-ring (bicyclic) bond motifs is 3. The van der Waals surface area contributed by atoms with Gasteiger partial charge >= 0.3 is 0 Å². The summed E-state index contributed by atoms with van der Waals surface area (Å²) in [5.74, 6) is 0. The summed E-state index contributed by atoms with van der Waals surface area (Å²) < 4.78 is 5.21. The number of pyridine rings is 1. The highest BCUT2D eigenvalue weighted by molar-refractivity contribution is 6.03. The van der Waals surface area contributed by atoms with Crippen LogP contribution in [-0.2, 0) is 0 Å². The third-order valence-electron chi connectivity index (χ3n) is 2.22. The van der Waals surface area contributed by atoms with E-state index in [-0.39, 0.29) is 0 Å². The van der Waals surface area contributed by atoms with Crippen molar-refractivity contribution in [3.63, 3.8) is 0 Å². The van der Waals surface area contributed by atoms with Gasteiger partial charge in [0.25, 0.3) is 0 Å². The maximum atomic E-state index is 5.21. The molecule has 0 aliphatic heterocycles. The molecule has 0 fully saturated rings. The molecular weight excluding hydrogens is 162 g/mol. The lowest BCUT2D eigenvalue weighted by molar-refractivity contribution is 0.603. The molecule has 2 heterocycles. The molecule has 2 heteroatoms. The minimum atomic E-state index is 0.707. The predicted molar refractivity (Wildman–Crippen MR) is 51.5 cm³/mol. The Morgan fingerprint density at radius 1 is 1.00 bits per heavy atom. The average molecular weight is 169 g/mol. The smallest absolute Gasteiger partial charge is 0.226 e. The van der Waals surface area contributed by atoms with Gasteiger partial charge in [0.1, 0.15) is 0 Å². The van der Waals surface area contributed by atoms with Crippen molar-refractivity contribution in [2.24, 2.45) is 0 Å². The molecule has 3 rings (SSSR count). The van der Waals surface area contributed by atoms with Gasteiger partial charge in [-0.3, -0.25) is 0 Å². The normalized spacial score (nSPS) is 11.1. The van der Waals surface area contributed by atoms with Gasteiger partial charge in [-0.25, -0.2) is 4.98 Å². The summed E-state index contributed by atoms with van der Waals surface area (Å²) in [5, 5.41) is 3.43. The average Bonchev–Trinajstić information content (AvgIpc) is 2.65. The lowest BCUT2D eigenvalue weighted by atomic mass is 10.1. The first-order chi connectivity index (χ1) is 6.45. The Hall–Kier alpha value is -1.83. The maximum Gasteiger partial charge on any atom is 0.226 e. The first kappa shape index (κ1) is 6.66. The SMILES string of the molecule is c1ccc2c(c1)cnc1occc12. The molecule has 0 spiro atoms. The Morgan fingerprint density at radius 3 is 2.92 bits per heavy atom. The van der Waals surface area contributed by atoms with E-state index in [1.54, 1.807) is 6.26 Å². The van der Waals surface area contributed by atoms with Crippen LogP contribution in [0.15, 0.2) is 47.2 Å². The monoisotopic (exact) mass is 169 g/mol. The Morgan fingerprint density at radius 2 is 1.92 bits per heavy atom. The third-order valence-corrected chi connectivity index (χ3v) is 2.22. The summed E-state index contributed by atoms with van der Waals surface area (Å²) in [5.41, 5.74) is 0.707. The fraction of sp³-hybridized carbons (Fsp3) is 0. The molecule has 0 aliphatic carbocycles. The molecule has 0 bridgehead atoms. The number of hydrogen-bond acceptors (Lipinski definition) is 2. The van der Waals surface area contributed by atoms with Gasteiger partial charge in [-0.15, -0.1) is 0 Å². The summed E-state index contributed by atoms with van der Waals surface area (Å²) in [4.78, 5) is 4.20. The van der Waals surface area contributed by atoms with E-state index in [9.17, 15) is 0 Å². The molecule has 0 unspecified atom stereocenters. The van der Waals surface area contributed by atoms with Crippen molar-refractivity contribution in [1.29, 1.82) is 0 Å². The van der Waals surface area contributed by atoms with Gasteiger partial charge in [0, 0.05) is 17.0 Å². The highest BCUT2D eigenvalue weighted by atomic mass is 16.3. The van der Waals surface area contributed by atoms with Crippen molar-refractivity contribution >= 4 is 21.9 Å². The zero-order valence-corrected chi connectivity index (χ0v) is 6.90. The van der Waals surface area contributed by atoms with E-state index in [4.69, 9.17) is 4.42 Å². The molecular formula is C11H7NO. The minimum Gasteiger partial charge on any atom is -0.446 e. The molecule has 0 N–H and O–H groups in total. The second-order valence-electron chi connectivity index (χ2n) is 2.98. The van der Waals surface area contributed by atoms with Crippen LogP contribution >= 0.6 is 0 Å². The summed E-state index contributed by atoms with van der Waals surface area (Å²) in [6, 6.07) is 10.1. The molecule has 0 atom stereocenters. The number of hydrogen-bond donors (Lipinski definition) is 0. The standard InChI is InChI=1S/C11H7NO/c1-2-4-9-8(3-1)7-12-11-10(9)5-6-13-11/h1-7H. The van der Waals surface area contributed by atoms with Crippen LogP contribution in [0, 0.1) is 0 Å². The van der Waals surface area contributed by atoms with Crippen molar-refractivity contribution < 1.29 is 4.42 Å². The van der Waals surface area contributed by atoms with E-state index in [1.807, 2.05) is 24.4 Å². The van der Waals surface area contributed by atoms with E-state index in [2.05, 4.69) is 17.1 Å². The Bertz CT molecular complexity index is 568. The van der Waals surface area contributed by atoms with Crippen molar-refractivity contribution in [3.8, 4) is 0 Å². The molecule has 2 nitrogen and oxygen atoms in total.